The topological polar surface area (TPSA) is 127 Å². The van der Waals surface area contributed by atoms with E-state index in [1.54, 1.807) is 52.6 Å². The molecule has 11 nitrogen and oxygen atoms in total. The highest BCUT2D eigenvalue weighted by atomic mass is 19.3. The van der Waals surface area contributed by atoms with Crippen molar-refractivity contribution in [1.82, 2.24) is 33.9 Å². The fourth-order valence-corrected chi connectivity index (χ4v) is 5.14. The van der Waals surface area contributed by atoms with Crippen molar-refractivity contribution in [3.05, 3.63) is 59.8 Å². The molecule has 1 aliphatic rings. The van der Waals surface area contributed by atoms with Crippen molar-refractivity contribution in [3.63, 3.8) is 0 Å². The number of carbonyl (C=O) groups is 2. The Balaban J connectivity index is 1.38. The van der Waals surface area contributed by atoms with Crippen LogP contribution in [0.1, 0.15) is 54.9 Å². The van der Waals surface area contributed by atoms with Gasteiger partial charge in [0.1, 0.15) is 11.7 Å². The average Bonchev–Trinajstić information content (AvgIpc) is 3.65. The van der Waals surface area contributed by atoms with Crippen molar-refractivity contribution in [2.24, 2.45) is 5.73 Å². The zero-order chi connectivity index (χ0) is 30.8. The number of alkyl halides is 2. The van der Waals surface area contributed by atoms with E-state index in [0.717, 1.165) is 5.56 Å². The van der Waals surface area contributed by atoms with E-state index < -0.39 is 18.5 Å². The van der Waals surface area contributed by atoms with Gasteiger partial charge in [0.25, 0.3) is 12.3 Å². The number of amides is 2. The number of anilines is 2. The predicted octanol–water partition coefficient (Wildman–Crippen LogP) is 3.66. The molecule has 4 heterocycles. The summed E-state index contributed by atoms with van der Waals surface area (Å²) >= 11 is 0. The van der Waals surface area contributed by atoms with Gasteiger partial charge < -0.3 is 20.9 Å². The van der Waals surface area contributed by atoms with Crippen LogP contribution < -0.4 is 11.1 Å². The standard InChI is InChI=1S/C30H33F2N9O2/c1-5-18(3)41-17-23(25(37-41)26(31)32)24-16-35-28-27(34-9-10-40(24)28)36-21-7-8-22(20(6-2)15-21)30(43)39-13-11-38(12-14-39)29(42)19(4)33/h1,7-10,15-19,26H,6,11-14,33H2,2-4H3,(H,34,36). The van der Waals surface area contributed by atoms with Crippen LogP contribution in [0, 0.1) is 12.3 Å². The van der Waals surface area contributed by atoms with Gasteiger partial charge in [-0.05, 0) is 44.0 Å². The number of hydrogen-bond donors (Lipinski definition) is 2. The number of terminal acetylenes is 1. The number of fused-ring (bicyclic) bond motifs is 1. The first kappa shape index (κ1) is 29.7. The minimum atomic E-state index is -2.80. The third-order valence-electron chi connectivity index (χ3n) is 7.56. The van der Waals surface area contributed by atoms with E-state index in [4.69, 9.17) is 12.2 Å². The molecule has 2 unspecified atom stereocenters. The van der Waals surface area contributed by atoms with Crippen LogP contribution in [0.3, 0.4) is 0 Å². The molecule has 1 saturated heterocycles. The Bertz CT molecular complexity index is 1700. The minimum Gasteiger partial charge on any atom is -0.338 e. The summed E-state index contributed by atoms with van der Waals surface area (Å²) in [6.07, 6.45) is 9.47. The maximum atomic E-state index is 13.9. The molecule has 3 aromatic heterocycles. The number of nitrogens with one attached hydrogen (secondary N) is 1. The highest BCUT2D eigenvalue weighted by Crippen LogP contribution is 2.33. The summed E-state index contributed by atoms with van der Waals surface area (Å²) in [6.45, 7) is 7.07. The SMILES string of the molecule is C#CC(C)n1cc(-c2cnc3c(Nc4ccc(C(=O)N5CCN(C(=O)C(C)N)CC5)c(CC)c4)nccn23)c(C(F)F)n1. The summed E-state index contributed by atoms with van der Waals surface area (Å²) in [5, 5.41) is 7.29. The summed E-state index contributed by atoms with van der Waals surface area (Å²) in [5.41, 5.74) is 8.53. The molecular weight excluding hydrogens is 556 g/mol. The quantitative estimate of drug-likeness (QED) is 0.301. The number of aromatic nitrogens is 5. The van der Waals surface area contributed by atoms with Crippen LogP contribution >= 0.6 is 0 Å². The molecular formula is C30H33F2N9O2. The first-order valence-corrected chi connectivity index (χ1v) is 14.0. The molecule has 0 aliphatic carbocycles. The molecule has 13 heteroatoms. The van der Waals surface area contributed by atoms with Gasteiger partial charge in [0, 0.05) is 61.6 Å². The Labute approximate surface area is 247 Å². The van der Waals surface area contributed by atoms with E-state index in [-0.39, 0.29) is 23.1 Å². The number of carbonyl (C=O) groups excluding carboxylic acids is 2. The number of nitrogens with two attached hydrogens (primary N) is 1. The Morgan fingerprint density at radius 2 is 1.86 bits per heavy atom. The van der Waals surface area contributed by atoms with Crippen molar-refractivity contribution in [2.75, 3.05) is 31.5 Å². The summed E-state index contributed by atoms with van der Waals surface area (Å²) in [7, 11) is 0. The normalized spacial score (nSPS) is 15.0. The molecule has 43 heavy (non-hydrogen) atoms. The van der Waals surface area contributed by atoms with E-state index in [2.05, 4.69) is 26.3 Å². The maximum Gasteiger partial charge on any atom is 0.282 e. The Hall–Kier alpha value is -4.83. The van der Waals surface area contributed by atoms with E-state index in [1.165, 1.54) is 17.1 Å². The smallest absolute Gasteiger partial charge is 0.282 e. The molecule has 5 rings (SSSR count). The molecule has 0 saturated carbocycles. The number of halogens is 2. The van der Waals surface area contributed by atoms with Crippen molar-refractivity contribution in [2.45, 2.75) is 45.7 Å². The number of benzene rings is 1. The second-order valence-electron chi connectivity index (χ2n) is 10.4. The van der Waals surface area contributed by atoms with Crippen molar-refractivity contribution < 1.29 is 18.4 Å². The summed E-state index contributed by atoms with van der Waals surface area (Å²) in [6, 6.07) is 4.38. The lowest BCUT2D eigenvalue weighted by molar-refractivity contribution is -0.133. The number of piperazine rings is 1. The molecule has 1 fully saturated rings. The van der Waals surface area contributed by atoms with E-state index in [1.807, 2.05) is 13.0 Å². The second-order valence-corrected chi connectivity index (χ2v) is 10.4. The number of nitrogens with zero attached hydrogens (tertiary/aromatic N) is 7. The largest absolute Gasteiger partial charge is 0.338 e. The molecule has 4 aromatic rings. The van der Waals surface area contributed by atoms with Crippen LogP contribution in [0.5, 0.6) is 0 Å². The number of rotatable bonds is 8. The van der Waals surface area contributed by atoms with Crippen LogP contribution in [0.2, 0.25) is 0 Å². The lowest BCUT2D eigenvalue weighted by atomic mass is 10.0. The summed E-state index contributed by atoms with van der Waals surface area (Å²) in [4.78, 5) is 37.9. The van der Waals surface area contributed by atoms with Gasteiger partial charge in [0.2, 0.25) is 5.91 Å². The van der Waals surface area contributed by atoms with Crippen LogP contribution in [0.15, 0.2) is 43.0 Å². The molecule has 3 N–H and O–H groups in total. The summed E-state index contributed by atoms with van der Waals surface area (Å²) in [5.74, 6) is 2.70. The van der Waals surface area contributed by atoms with E-state index in [9.17, 15) is 18.4 Å². The number of hydrogen-bond acceptors (Lipinski definition) is 7. The fraction of sp³-hybridized carbons (Fsp3) is 0.367. The maximum absolute atomic E-state index is 13.9. The van der Waals surface area contributed by atoms with Gasteiger partial charge in [-0.3, -0.25) is 18.7 Å². The highest BCUT2D eigenvalue weighted by Gasteiger charge is 2.27. The predicted molar refractivity (Wildman–Crippen MR) is 158 cm³/mol. The summed E-state index contributed by atoms with van der Waals surface area (Å²) < 4.78 is 30.8. The zero-order valence-electron chi connectivity index (χ0n) is 24.2. The van der Waals surface area contributed by atoms with Crippen molar-refractivity contribution in [3.8, 4) is 23.6 Å². The minimum absolute atomic E-state index is 0.0936. The zero-order valence-corrected chi connectivity index (χ0v) is 24.2. The number of imidazole rings is 1. The third-order valence-corrected chi connectivity index (χ3v) is 7.56. The Morgan fingerprint density at radius 3 is 2.51 bits per heavy atom. The third kappa shape index (κ3) is 5.78. The van der Waals surface area contributed by atoms with Gasteiger partial charge in [-0.2, -0.15) is 5.10 Å². The van der Waals surface area contributed by atoms with Gasteiger partial charge in [-0.25, -0.2) is 18.7 Å². The van der Waals surface area contributed by atoms with Gasteiger partial charge in [0.05, 0.1) is 17.9 Å². The van der Waals surface area contributed by atoms with Crippen LogP contribution in [0.4, 0.5) is 20.3 Å². The van der Waals surface area contributed by atoms with Gasteiger partial charge in [0.15, 0.2) is 11.5 Å². The Morgan fingerprint density at radius 1 is 1.14 bits per heavy atom. The first-order valence-electron chi connectivity index (χ1n) is 14.0. The van der Waals surface area contributed by atoms with Gasteiger partial charge in [-0.15, -0.1) is 6.42 Å². The lowest BCUT2D eigenvalue weighted by Gasteiger charge is -2.35. The lowest BCUT2D eigenvalue weighted by Crippen LogP contribution is -2.53. The van der Waals surface area contributed by atoms with Crippen LogP contribution in [0.25, 0.3) is 16.9 Å². The molecule has 2 amide bonds. The molecule has 1 aromatic carbocycles. The highest BCUT2D eigenvalue weighted by molar-refractivity contribution is 5.96. The van der Waals surface area contributed by atoms with Crippen LogP contribution in [-0.4, -0.2) is 78.0 Å². The molecule has 2 atom stereocenters. The molecule has 224 valence electrons. The van der Waals surface area contributed by atoms with Gasteiger partial charge in [-0.1, -0.05) is 12.8 Å². The van der Waals surface area contributed by atoms with Gasteiger partial charge >= 0.3 is 0 Å². The fourth-order valence-electron chi connectivity index (χ4n) is 5.14. The molecule has 0 radical (unpaired) electrons. The van der Waals surface area contributed by atoms with E-state index >= 15 is 0 Å². The first-order chi connectivity index (χ1) is 20.6. The Kier molecular flexibility index (Phi) is 8.40. The van der Waals surface area contributed by atoms with E-state index in [0.29, 0.717) is 61.0 Å². The molecule has 0 bridgehead atoms. The molecule has 1 aliphatic heterocycles. The van der Waals surface area contributed by atoms with Crippen molar-refractivity contribution in [1.29, 1.82) is 0 Å². The molecule has 0 spiro atoms. The monoisotopic (exact) mass is 589 g/mol. The average molecular weight is 590 g/mol. The van der Waals surface area contributed by atoms with Crippen LogP contribution in [-0.2, 0) is 11.2 Å². The second kappa shape index (κ2) is 12.2. The number of aryl methyl sites for hydroxylation is 1. The van der Waals surface area contributed by atoms with Crippen molar-refractivity contribution >= 4 is 29.0 Å².